The molecule has 0 atom stereocenters. The van der Waals surface area contributed by atoms with Crippen molar-refractivity contribution in [2.75, 3.05) is 5.32 Å². The molecule has 1 saturated heterocycles. The highest BCUT2D eigenvalue weighted by Crippen LogP contribution is 2.37. The van der Waals surface area contributed by atoms with Gasteiger partial charge in [-0.25, -0.2) is 13.2 Å². The molecule has 1 fully saturated rings. The third-order valence-electron chi connectivity index (χ3n) is 4.20. The number of nitriles is 1. The van der Waals surface area contributed by atoms with Gasteiger partial charge in [0, 0.05) is 5.46 Å². The minimum Gasteiger partial charge on any atom is -0.399 e. The number of benzene rings is 1. The summed E-state index contributed by atoms with van der Waals surface area (Å²) in [7, 11) is -1.21. The molecule has 1 aromatic rings. The number of rotatable bonds is 3. The number of nitrogens with zero attached hydrogens (tertiary/aromatic N) is 1. The van der Waals surface area contributed by atoms with E-state index in [4.69, 9.17) is 14.6 Å². The fraction of sp³-hybridized carbons (Fsp3) is 0.467. The maximum atomic E-state index is 14.1. The van der Waals surface area contributed by atoms with Crippen LogP contribution in [-0.4, -0.2) is 24.2 Å². The first-order valence-electron chi connectivity index (χ1n) is 7.20. The van der Waals surface area contributed by atoms with Gasteiger partial charge in [0.2, 0.25) is 5.91 Å². The summed E-state index contributed by atoms with van der Waals surface area (Å²) in [5.41, 5.74) is -2.40. The van der Waals surface area contributed by atoms with Crippen molar-refractivity contribution >= 4 is 24.2 Å². The summed E-state index contributed by atoms with van der Waals surface area (Å²) in [6, 6.07) is 2.29. The minimum atomic E-state index is -1.73. The highest BCUT2D eigenvalue weighted by atomic mass is 19.2. The summed E-state index contributed by atoms with van der Waals surface area (Å²) in [6.45, 7) is 6.93. The average Bonchev–Trinajstić information content (AvgIpc) is 2.68. The number of carbonyl (C=O) groups excluding carboxylic acids is 1. The molecule has 0 unspecified atom stereocenters. The molecular weight excluding hydrogens is 324 g/mol. The zero-order valence-corrected chi connectivity index (χ0v) is 13.7. The number of hydrogen-bond acceptors (Lipinski definition) is 4. The van der Waals surface area contributed by atoms with E-state index in [0.717, 1.165) is 0 Å². The Balaban J connectivity index is 2.50. The van der Waals surface area contributed by atoms with E-state index >= 15 is 0 Å². The van der Waals surface area contributed by atoms with Crippen LogP contribution in [0.1, 0.15) is 34.1 Å². The second-order valence-corrected chi connectivity index (χ2v) is 6.42. The smallest absolute Gasteiger partial charge is 0.399 e. The van der Waals surface area contributed by atoms with Gasteiger partial charge in [-0.15, -0.1) is 0 Å². The Bertz CT molecular complexity index is 716. The van der Waals surface area contributed by atoms with Gasteiger partial charge in [-0.1, -0.05) is 0 Å². The molecule has 1 aliphatic rings. The van der Waals surface area contributed by atoms with Crippen LogP contribution in [0.4, 0.5) is 18.9 Å². The molecule has 0 radical (unpaired) electrons. The van der Waals surface area contributed by atoms with Crippen molar-refractivity contribution in [3.63, 3.8) is 0 Å². The van der Waals surface area contributed by atoms with Crippen LogP contribution in [0, 0.1) is 28.8 Å². The highest BCUT2D eigenvalue weighted by Gasteiger charge is 2.52. The monoisotopic (exact) mass is 340 g/mol. The molecule has 5 nitrogen and oxygen atoms in total. The predicted octanol–water partition coefficient (Wildman–Crippen LogP) is 2.26. The highest BCUT2D eigenvalue weighted by molar-refractivity contribution is 6.64. The molecule has 0 saturated carbocycles. The summed E-state index contributed by atoms with van der Waals surface area (Å²) in [6.07, 6.45) is -0.568. The van der Waals surface area contributed by atoms with Crippen molar-refractivity contribution in [2.45, 2.75) is 45.3 Å². The molecule has 1 amide bonds. The lowest BCUT2D eigenvalue weighted by atomic mass is 9.77. The summed E-state index contributed by atoms with van der Waals surface area (Å²) in [5.74, 6) is -5.61. The molecule has 1 aromatic carbocycles. The van der Waals surface area contributed by atoms with Crippen LogP contribution in [0.5, 0.6) is 0 Å². The van der Waals surface area contributed by atoms with Crippen LogP contribution in [0.25, 0.3) is 0 Å². The van der Waals surface area contributed by atoms with E-state index in [-0.39, 0.29) is 5.46 Å². The van der Waals surface area contributed by atoms with E-state index in [2.05, 4.69) is 5.32 Å². The third kappa shape index (κ3) is 3.12. The molecule has 1 N–H and O–H groups in total. The fourth-order valence-corrected chi connectivity index (χ4v) is 2.15. The molecule has 2 rings (SSSR count). The van der Waals surface area contributed by atoms with E-state index in [9.17, 15) is 18.0 Å². The SMILES string of the molecule is CC1(C)OB(c2cc(F)c(F)c(F)c2NC(=O)CC#N)OC1(C)C. The molecule has 128 valence electrons. The molecular formula is C15H16BF3N2O3. The summed E-state index contributed by atoms with van der Waals surface area (Å²) < 4.78 is 52.7. The lowest BCUT2D eigenvalue weighted by molar-refractivity contribution is -0.115. The van der Waals surface area contributed by atoms with Gasteiger partial charge in [0.1, 0.15) is 6.42 Å². The predicted molar refractivity (Wildman–Crippen MR) is 80.9 cm³/mol. The van der Waals surface area contributed by atoms with Crippen molar-refractivity contribution in [1.82, 2.24) is 0 Å². The standard InChI is InChI=1S/C15H16BF3N2O3/c1-14(2)15(3,4)24-16(23-14)8-7-9(17)11(18)12(19)13(8)21-10(22)5-6-20/h7H,5H2,1-4H3,(H,21,22). The second-order valence-electron chi connectivity index (χ2n) is 6.42. The van der Waals surface area contributed by atoms with Gasteiger partial charge in [-0.2, -0.15) is 5.26 Å². The first kappa shape index (κ1) is 18.3. The first-order chi connectivity index (χ1) is 11.0. The minimum absolute atomic E-state index is 0.198. The maximum Gasteiger partial charge on any atom is 0.497 e. The molecule has 0 aliphatic carbocycles. The number of hydrogen-bond donors (Lipinski definition) is 1. The van der Waals surface area contributed by atoms with Gasteiger partial charge in [0.25, 0.3) is 0 Å². The van der Waals surface area contributed by atoms with Crippen LogP contribution in [-0.2, 0) is 14.1 Å². The Hall–Kier alpha value is -2.05. The quantitative estimate of drug-likeness (QED) is 0.677. The van der Waals surface area contributed by atoms with Gasteiger partial charge in [0.05, 0.1) is 23.0 Å². The Kier molecular flexibility index (Phi) is 4.66. The number of halogens is 3. The van der Waals surface area contributed by atoms with Gasteiger partial charge in [0.15, 0.2) is 17.5 Å². The molecule has 24 heavy (non-hydrogen) atoms. The molecule has 1 heterocycles. The Morgan fingerprint density at radius 3 is 2.25 bits per heavy atom. The van der Waals surface area contributed by atoms with Crippen molar-refractivity contribution < 1.29 is 27.3 Å². The third-order valence-corrected chi connectivity index (χ3v) is 4.20. The van der Waals surface area contributed by atoms with E-state index in [1.807, 2.05) is 0 Å². The first-order valence-corrected chi connectivity index (χ1v) is 7.20. The summed E-state index contributed by atoms with van der Waals surface area (Å²) in [4.78, 5) is 11.6. The van der Waals surface area contributed by atoms with Crippen molar-refractivity contribution in [1.29, 1.82) is 5.26 Å². The Labute approximate surface area is 137 Å². The number of amides is 1. The number of carbonyl (C=O) groups is 1. The van der Waals surface area contributed by atoms with Gasteiger partial charge in [-0.05, 0) is 33.8 Å². The average molecular weight is 340 g/mol. The number of nitrogens with one attached hydrogen (secondary N) is 1. The van der Waals surface area contributed by atoms with E-state index in [1.54, 1.807) is 33.8 Å². The van der Waals surface area contributed by atoms with E-state index < -0.39 is 53.8 Å². The molecule has 9 heteroatoms. The van der Waals surface area contributed by atoms with E-state index in [1.165, 1.54) is 0 Å². The van der Waals surface area contributed by atoms with Gasteiger partial charge in [-0.3, -0.25) is 4.79 Å². The van der Waals surface area contributed by atoms with Crippen molar-refractivity contribution in [3.05, 3.63) is 23.5 Å². The Morgan fingerprint density at radius 2 is 1.75 bits per heavy atom. The topological polar surface area (TPSA) is 71.3 Å². The zero-order chi connectivity index (χ0) is 18.3. The van der Waals surface area contributed by atoms with E-state index in [0.29, 0.717) is 6.07 Å². The summed E-state index contributed by atoms with van der Waals surface area (Å²) >= 11 is 0. The summed E-state index contributed by atoms with van der Waals surface area (Å²) in [5, 5.41) is 10.6. The normalized spacial score (nSPS) is 18.3. The maximum absolute atomic E-state index is 14.1. The molecule has 1 aliphatic heterocycles. The molecule has 0 spiro atoms. The second kappa shape index (κ2) is 6.11. The van der Waals surface area contributed by atoms with Crippen LogP contribution in [0.15, 0.2) is 6.07 Å². The molecule has 0 bridgehead atoms. The Morgan fingerprint density at radius 1 is 1.21 bits per heavy atom. The van der Waals surface area contributed by atoms with Crippen LogP contribution < -0.4 is 10.8 Å². The van der Waals surface area contributed by atoms with Crippen molar-refractivity contribution in [3.8, 4) is 6.07 Å². The lowest BCUT2D eigenvalue weighted by Crippen LogP contribution is -2.41. The zero-order valence-electron chi connectivity index (χ0n) is 13.7. The molecule has 0 aromatic heterocycles. The van der Waals surface area contributed by atoms with Crippen LogP contribution >= 0.6 is 0 Å². The number of anilines is 1. The van der Waals surface area contributed by atoms with Crippen LogP contribution in [0.3, 0.4) is 0 Å². The van der Waals surface area contributed by atoms with Gasteiger partial charge < -0.3 is 14.6 Å². The van der Waals surface area contributed by atoms with Crippen molar-refractivity contribution in [2.24, 2.45) is 0 Å². The largest absolute Gasteiger partial charge is 0.497 e. The van der Waals surface area contributed by atoms with Crippen LogP contribution in [0.2, 0.25) is 0 Å². The fourth-order valence-electron chi connectivity index (χ4n) is 2.15. The lowest BCUT2D eigenvalue weighted by Gasteiger charge is -2.32. The van der Waals surface area contributed by atoms with Gasteiger partial charge >= 0.3 is 7.12 Å².